The van der Waals surface area contributed by atoms with Gasteiger partial charge in [-0.1, -0.05) is 13.3 Å². The fourth-order valence-corrected chi connectivity index (χ4v) is 1.88. The Bertz CT molecular complexity index is 424. The number of primary amides is 1. The summed E-state index contributed by atoms with van der Waals surface area (Å²) in [5, 5.41) is 9.02. The molecule has 0 aromatic heterocycles. The number of nitrogens with two attached hydrogens (primary N) is 1. The maximum Gasteiger partial charge on any atom is 0.248 e. The Morgan fingerprint density at radius 1 is 1.42 bits per heavy atom. The number of hydrogen-bond acceptors (Lipinski definition) is 3. The maximum absolute atomic E-state index is 13.7. The summed E-state index contributed by atoms with van der Waals surface area (Å²) in [6.45, 7) is 3.75. The first kappa shape index (κ1) is 15.6. The van der Waals surface area contributed by atoms with E-state index in [1.54, 1.807) is 0 Å². The van der Waals surface area contributed by atoms with Gasteiger partial charge < -0.3 is 10.8 Å². The van der Waals surface area contributed by atoms with Gasteiger partial charge in [-0.05, 0) is 31.2 Å². The largest absolute Gasteiger partial charge is 0.395 e. The molecule has 0 bridgehead atoms. The minimum Gasteiger partial charge on any atom is -0.395 e. The quantitative estimate of drug-likeness (QED) is 0.751. The highest BCUT2D eigenvalue weighted by Gasteiger charge is 2.11. The lowest BCUT2D eigenvalue weighted by atomic mass is 10.1. The summed E-state index contributed by atoms with van der Waals surface area (Å²) in [6, 6.07) is 4.12. The van der Waals surface area contributed by atoms with E-state index in [0.717, 1.165) is 19.4 Å². The molecule has 19 heavy (non-hydrogen) atoms. The molecular weight excluding hydrogens is 247 g/mol. The average molecular weight is 268 g/mol. The van der Waals surface area contributed by atoms with Crippen molar-refractivity contribution in [3.8, 4) is 0 Å². The Morgan fingerprint density at radius 3 is 2.74 bits per heavy atom. The van der Waals surface area contributed by atoms with Crippen LogP contribution in [0.3, 0.4) is 0 Å². The SMILES string of the molecule is CCCCN(CCO)Cc1cc(C(N)=O)ccc1F. The normalized spacial score (nSPS) is 10.9. The monoisotopic (exact) mass is 268 g/mol. The minimum atomic E-state index is -0.566. The molecule has 0 aliphatic carbocycles. The number of amides is 1. The molecule has 1 amide bonds. The van der Waals surface area contributed by atoms with E-state index in [1.807, 2.05) is 4.90 Å². The Kier molecular flexibility index (Phi) is 6.45. The molecule has 0 aliphatic rings. The molecule has 0 fully saturated rings. The van der Waals surface area contributed by atoms with Gasteiger partial charge in [0.25, 0.3) is 0 Å². The second-order valence-corrected chi connectivity index (χ2v) is 4.52. The van der Waals surface area contributed by atoms with Gasteiger partial charge in [-0.25, -0.2) is 4.39 Å². The second-order valence-electron chi connectivity index (χ2n) is 4.52. The summed E-state index contributed by atoms with van der Waals surface area (Å²) >= 11 is 0. The van der Waals surface area contributed by atoms with Gasteiger partial charge in [0.05, 0.1) is 6.61 Å². The van der Waals surface area contributed by atoms with E-state index in [1.165, 1.54) is 18.2 Å². The lowest BCUT2D eigenvalue weighted by molar-refractivity contribution is 0.1000. The molecule has 5 heteroatoms. The lowest BCUT2D eigenvalue weighted by Crippen LogP contribution is -2.28. The minimum absolute atomic E-state index is 0.0286. The zero-order chi connectivity index (χ0) is 14.3. The van der Waals surface area contributed by atoms with Crippen molar-refractivity contribution < 1.29 is 14.3 Å². The van der Waals surface area contributed by atoms with Crippen LogP contribution >= 0.6 is 0 Å². The standard InChI is InChI=1S/C14H21FN2O2/c1-2-3-6-17(7-8-18)10-12-9-11(14(16)19)4-5-13(12)15/h4-5,9,18H,2-3,6-8,10H2,1H3,(H2,16,19). The molecule has 0 saturated heterocycles. The zero-order valence-corrected chi connectivity index (χ0v) is 11.2. The van der Waals surface area contributed by atoms with Crippen molar-refractivity contribution in [2.75, 3.05) is 19.7 Å². The van der Waals surface area contributed by atoms with E-state index in [2.05, 4.69) is 6.92 Å². The summed E-state index contributed by atoms with van der Waals surface area (Å²) < 4.78 is 13.7. The third kappa shape index (κ3) is 4.96. The van der Waals surface area contributed by atoms with Crippen molar-refractivity contribution >= 4 is 5.91 Å². The van der Waals surface area contributed by atoms with Gasteiger partial charge in [0.1, 0.15) is 5.82 Å². The molecule has 0 spiro atoms. The Morgan fingerprint density at radius 2 is 2.16 bits per heavy atom. The molecule has 0 atom stereocenters. The average Bonchev–Trinajstić information content (AvgIpc) is 2.38. The van der Waals surface area contributed by atoms with Crippen LogP contribution in [0.2, 0.25) is 0 Å². The Labute approximate surface area is 113 Å². The number of hydrogen-bond donors (Lipinski definition) is 2. The van der Waals surface area contributed by atoms with E-state index < -0.39 is 5.91 Å². The molecule has 4 nitrogen and oxygen atoms in total. The number of carbonyl (C=O) groups excluding carboxylic acids is 1. The fourth-order valence-electron chi connectivity index (χ4n) is 1.88. The van der Waals surface area contributed by atoms with Crippen molar-refractivity contribution in [2.24, 2.45) is 5.73 Å². The number of aliphatic hydroxyl groups excluding tert-OH is 1. The van der Waals surface area contributed by atoms with Crippen LogP contribution in [0.4, 0.5) is 4.39 Å². The van der Waals surface area contributed by atoms with Crippen LogP contribution in [0.5, 0.6) is 0 Å². The maximum atomic E-state index is 13.7. The summed E-state index contributed by atoms with van der Waals surface area (Å²) in [7, 11) is 0. The summed E-state index contributed by atoms with van der Waals surface area (Å²) in [6.07, 6.45) is 2.02. The first-order chi connectivity index (χ1) is 9.08. The first-order valence-electron chi connectivity index (χ1n) is 6.50. The van der Waals surface area contributed by atoms with Crippen LogP contribution in [-0.4, -0.2) is 35.6 Å². The van der Waals surface area contributed by atoms with Crippen LogP contribution in [0.15, 0.2) is 18.2 Å². The Balaban J connectivity index is 2.81. The molecule has 0 heterocycles. The third-order valence-corrected chi connectivity index (χ3v) is 2.97. The molecular formula is C14H21FN2O2. The number of unbranched alkanes of at least 4 members (excludes halogenated alkanes) is 1. The molecule has 106 valence electrons. The van der Waals surface area contributed by atoms with Crippen molar-refractivity contribution in [3.05, 3.63) is 35.1 Å². The van der Waals surface area contributed by atoms with E-state index in [0.29, 0.717) is 24.2 Å². The lowest BCUT2D eigenvalue weighted by Gasteiger charge is -2.21. The molecule has 0 aliphatic heterocycles. The topological polar surface area (TPSA) is 66.6 Å². The third-order valence-electron chi connectivity index (χ3n) is 2.97. The zero-order valence-electron chi connectivity index (χ0n) is 11.2. The van der Waals surface area contributed by atoms with E-state index in [4.69, 9.17) is 10.8 Å². The number of nitrogens with zero attached hydrogens (tertiary/aromatic N) is 1. The number of benzene rings is 1. The number of carbonyl (C=O) groups is 1. The van der Waals surface area contributed by atoms with Crippen LogP contribution in [0.25, 0.3) is 0 Å². The van der Waals surface area contributed by atoms with E-state index in [-0.39, 0.29) is 12.4 Å². The highest BCUT2D eigenvalue weighted by molar-refractivity contribution is 5.92. The highest BCUT2D eigenvalue weighted by Crippen LogP contribution is 2.13. The summed E-state index contributed by atoms with van der Waals surface area (Å²) in [4.78, 5) is 13.1. The highest BCUT2D eigenvalue weighted by atomic mass is 19.1. The molecule has 1 aromatic rings. The molecule has 0 radical (unpaired) electrons. The van der Waals surface area contributed by atoms with E-state index in [9.17, 15) is 9.18 Å². The van der Waals surface area contributed by atoms with Gasteiger partial charge in [-0.15, -0.1) is 0 Å². The predicted molar refractivity (Wildman–Crippen MR) is 72.2 cm³/mol. The van der Waals surface area contributed by atoms with Gasteiger partial charge in [-0.3, -0.25) is 9.69 Å². The van der Waals surface area contributed by atoms with Gasteiger partial charge in [0, 0.05) is 24.2 Å². The van der Waals surface area contributed by atoms with E-state index >= 15 is 0 Å². The van der Waals surface area contributed by atoms with Gasteiger partial charge in [-0.2, -0.15) is 0 Å². The van der Waals surface area contributed by atoms with Crippen molar-refractivity contribution in [3.63, 3.8) is 0 Å². The number of aliphatic hydroxyl groups is 1. The first-order valence-corrected chi connectivity index (χ1v) is 6.50. The van der Waals surface area contributed by atoms with Gasteiger partial charge in [0.2, 0.25) is 5.91 Å². The number of rotatable bonds is 8. The van der Waals surface area contributed by atoms with Gasteiger partial charge >= 0.3 is 0 Å². The van der Waals surface area contributed by atoms with Crippen LogP contribution in [-0.2, 0) is 6.54 Å². The van der Waals surface area contributed by atoms with Crippen LogP contribution in [0, 0.1) is 5.82 Å². The second kappa shape index (κ2) is 7.86. The number of halogens is 1. The van der Waals surface area contributed by atoms with Gasteiger partial charge in [0.15, 0.2) is 0 Å². The van der Waals surface area contributed by atoms with Crippen molar-refractivity contribution in [1.82, 2.24) is 4.90 Å². The molecule has 1 aromatic carbocycles. The predicted octanol–water partition coefficient (Wildman–Crippen LogP) is 1.52. The smallest absolute Gasteiger partial charge is 0.248 e. The summed E-state index contributed by atoms with van der Waals surface area (Å²) in [5.74, 6) is -0.923. The molecule has 0 unspecified atom stereocenters. The molecule has 0 saturated carbocycles. The van der Waals surface area contributed by atoms with Crippen LogP contribution in [0.1, 0.15) is 35.7 Å². The molecule has 1 rings (SSSR count). The Hall–Kier alpha value is -1.46. The van der Waals surface area contributed by atoms with Crippen LogP contribution < -0.4 is 5.73 Å². The van der Waals surface area contributed by atoms with Crippen molar-refractivity contribution in [1.29, 1.82) is 0 Å². The fraction of sp³-hybridized carbons (Fsp3) is 0.500. The summed E-state index contributed by atoms with van der Waals surface area (Å²) in [5.41, 5.74) is 5.92. The van der Waals surface area contributed by atoms with Crippen molar-refractivity contribution in [2.45, 2.75) is 26.3 Å². The molecule has 3 N–H and O–H groups in total.